The predicted molar refractivity (Wildman–Crippen MR) is 79.7 cm³/mol. The number of rotatable bonds is 2. The summed E-state index contributed by atoms with van der Waals surface area (Å²) in [6, 6.07) is 9.35. The highest BCUT2D eigenvalue weighted by Gasteiger charge is 2.57. The van der Waals surface area contributed by atoms with Crippen LogP contribution in [0.15, 0.2) is 30.3 Å². The highest BCUT2D eigenvalue weighted by atomic mass is 16.8. The van der Waals surface area contributed by atoms with E-state index in [2.05, 4.69) is 0 Å². The van der Waals surface area contributed by atoms with Crippen LogP contribution in [0, 0.1) is 0 Å². The van der Waals surface area contributed by atoms with Gasteiger partial charge in [-0.2, -0.15) is 0 Å². The van der Waals surface area contributed by atoms with Crippen LogP contribution in [0.2, 0.25) is 0 Å². The van der Waals surface area contributed by atoms with E-state index in [9.17, 15) is 9.90 Å². The molecule has 0 radical (unpaired) electrons. The predicted octanol–water partition coefficient (Wildman–Crippen LogP) is 0.907. The van der Waals surface area contributed by atoms with Gasteiger partial charge in [-0.05, 0) is 13.8 Å². The van der Waals surface area contributed by atoms with E-state index < -0.39 is 48.6 Å². The molecule has 3 aliphatic heterocycles. The number of aliphatic hydroxyl groups excluding tert-OH is 1. The minimum absolute atomic E-state index is 0.316. The first kappa shape index (κ1) is 16.0. The summed E-state index contributed by atoms with van der Waals surface area (Å²) in [7, 11) is 0. The molecule has 0 aliphatic carbocycles. The Morgan fingerprint density at radius 1 is 1.08 bits per heavy atom. The number of ether oxygens (including phenoxy) is 5. The molecule has 6 atom stereocenters. The van der Waals surface area contributed by atoms with Crippen molar-refractivity contribution in [2.24, 2.45) is 0 Å². The Morgan fingerprint density at radius 2 is 1.79 bits per heavy atom. The van der Waals surface area contributed by atoms with Crippen LogP contribution in [0.3, 0.4) is 0 Å². The normalized spacial score (nSPS) is 41.0. The van der Waals surface area contributed by atoms with E-state index in [-0.39, 0.29) is 0 Å². The van der Waals surface area contributed by atoms with Crippen LogP contribution in [0.1, 0.15) is 25.7 Å². The number of hydrogen-bond donors (Lipinski definition) is 1. The second-order valence-electron chi connectivity index (χ2n) is 6.66. The fourth-order valence-corrected chi connectivity index (χ4v) is 3.33. The van der Waals surface area contributed by atoms with Crippen molar-refractivity contribution in [3.8, 4) is 0 Å². The molecule has 24 heavy (non-hydrogen) atoms. The molecule has 4 rings (SSSR count). The number of esters is 1. The van der Waals surface area contributed by atoms with Crippen molar-refractivity contribution in [1.82, 2.24) is 0 Å². The Kier molecular flexibility index (Phi) is 3.85. The van der Waals surface area contributed by atoms with E-state index in [0.717, 1.165) is 5.56 Å². The number of carbonyl (C=O) groups is 1. The molecule has 0 unspecified atom stereocenters. The van der Waals surface area contributed by atoms with E-state index in [1.807, 2.05) is 44.2 Å². The third-order valence-electron chi connectivity index (χ3n) is 4.48. The fraction of sp³-hybridized carbons (Fsp3) is 0.588. The molecule has 3 saturated heterocycles. The average molecular weight is 336 g/mol. The maximum atomic E-state index is 11.8. The molecule has 3 heterocycles. The lowest BCUT2D eigenvalue weighted by Gasteiger charge is -2.39. The number of benzene rings is 1. The molecule has 0 saturated carbocycles. The Morgan fingerprint density at radius 3 is 2.46 bits per heavy atom. The summed E-state index contributed by atoms with van der Waals surface area (Å²) in [5, 5.41) is 10.1. The molecule has 1 N–H and O–H groups in total. The van der Waals surface area contributed by atoms with Crippen molar-refractivity contribution in [3.05, 3.63) is 35.9 Å². The lowest BCUT2D eigenvalue weighted by molar-refractivity contribution is -0.302. The highest BCUT2D eigenvalue weighted by Crippen LogP contribution is 2.40. The number of fused-ring (bicyclic) bond motifs is 1. The largest absolute Gasteiger partial charge is 0.455 e. The number of hydrogen-bond acceptors (Lipinski definition) is 7. The first-order valence-electron chi connectivity index (χ1n) is 8.01. The zero-order chi connectivity index (χ0) is 16.9. The Hall–Kier alpha value is -1.51. The second kappa shape index (κ2) is 5.79. The Labute approximate surface area is 139 Å². The smallest absolute Gasteiger partial charge is 0.338 e. The van der Waals surface area contributed by atoms with Crippen LogP contribution >= 0.6 is 0 Å². The maximum absolute atomic E-state index is 11.8. The van der Waals surface area contributed by atoms with Crippen molar-refractivity contribution in [2.45, 2.75) is 56.4 Å². The van der Waals surface area contributed by atoms with Crippen molar-refractivity contribution in [2.75, 3.05) is 6.61 Å². The molecule has 0 bridgehead atoms. The molecule has 1 aromatic rings. The average Bonchev–Trinajstić information content (AvgIpc) is 3.07. The Balaban J connectivity index is 1.62. The molecule has 0 aromatic heterocycles. The number of carbonyl (C=O) groups excluding carboxylic acids is 1. The van der Waals surface area contributed by atoms with Gasteiger partial charge in [-0.3, -0.25) is 0 Å². The summed E-state index contributed by atoms with van der Waals surface area (Å²) in [5.74, 6) is -1.43. The monoisotopic (exact) mass is 336 g/mol. The number of aliphatic hydroxyl groups is 1. The molecule has 3 aliphatic rings. The lowest BCUT2D eigenvalue weighted by Crippen LogP contribution is -2.53. The van der Waals surface area contributed by atoms with Crippen molar-refractivity contribution < 1.29 is 33.6 Å². The van der Waals surface area contributed by atoms with Crippen LogP contribution in [0.25, 0.3) is 0 Å². The van der Waals surface area contributed by atoms with Gasteiger partial charge in [-0.25, -0.2) is 4.79 Å². The van der Waals surface area contributed by atoms with Gasteiger partial charge in [0, 0.05) is 5.56 Å². The van der Waals surface area contributed by atoms with E-state index in [0.29, 0.717) is 6.61 Å². The minimum atomic E-state index is -1.33. The van der Waals surface area contributed by atoms with E-state index in [1.54, 1.807) is 0 Å². The molecule has 3 fully saturated rings. The van der Waals surface area contributed by atoms with Gasteiger partial charge >= 0.3 is 5.97 Å². The molecular weight excluding hydrogens is 316 g/mol. The first-order valence-corrected chi connectivity index (χ1v) is 8.01. The molecule has 1 aromatic carbocycles. The molecule has 130 valence electrons. The summed E-state index contributed by atoms with van der Waals surface area (Å²) in [6.07, 6.45) is -4.57. The molecule has 7 nitrogen and oxygen atoms in total. The van der Waals surface area contributed by atoms with Crippen molar-refractivity contribution in [1.29, 1.82) is 0 Å². The van der Waals surface area contributed by atoms with Crippen molar-refractivity contribution in [3.63, 3.8) is 0 Å². The SMILES string of the molecule is CC1(C)OC[C@H]([C@H]2O[C@@H](c3ccccc3)O[C@@H]3[C@H]2OC(=O)[C@H]3O)O1. The van der Waals surface area contributed by atoms with Gasteiger partial charge < -0.3 is 28.8 Å². The maximum Gasteiger partial charge on any atom is 0.338 e. The summed E-state index contributed by atoms with van der Waals surface area (Å²) < 4.78 is 28.6. The lowest BCUT2D eigenvalue weighted by atomic mass is 9.99. The molecule has 0 amide bonds. The van der Waals surface area contributed by atoms with Crippen LogP contribution in [-0.2, 0) is 28.5 Å². The third-order valence-corrected chi connectivity index (χ3v) is 4.48. The summed E-state index contributed by atoms with van der Waals surface area (Å²) in [4.78, 5) is 11.8. The van der Waals surface area contributed by atoms with Gasteiger partial charge in [0.25, 0.3) is 0 Å². The Bertz CT molecular complexity index is 617. The zero-order valence-corrected chi connectivity index (χ0v) is 13.5. The minimum Gasteiger partial charge on any atom is -0.455 e. The zero-order valence-electron chi connectivity index (χ0n) is 13.5. The van der Waals surface area contributed by atoms with Crippen molar-refractivity contribution >= 4 is 5.97 Å². The highest BCUT2D eigenvalue weighted by molar-refractivity contribution is 5.78. The summed E-state index contributed by atoms with van der Waals surface area (Å²) >= 11 is 0. The summed E-state index contributed by atoms with van der Waals surface area (Å²) in [6.45, 7) is 3.94. The van der Waals surface area contributed by atoms with Gasteiger partial charge in [0.2, 0.25) is 0 Å². The van der Waals surface area contributed by atoms with Gasteiger partial charge in [0.1, 0.15) is 18.3 Å². The topological polar surface area (TPSA) is 83.5 Å². The van der Waals surface area contributed by atoms with Gasteiger partial charge in [-0.15, -0.1) is 0 Å². The van der Waals surface area contributed by atoms with Crippen LogP contribution in [-0.4, -0.2) is 54.0 Å². The molecule has 7 heteroatoms. The van der Waals surface area contributed by atoms with Gasteiger partial charge in [0.05, 0.1) is 6.61 Å². The quantitative estimate of drug-likeness (QED) is 0.804. The fourth-order valence-electron chi connectivity index (χ4n) is 3.33. The standard InChI is InChI=1S/C17H20O7/c1-17(2)20-8-10(24-17)12-14-13(11(18)15(19)21-14)23-16(22-12)9-6-4-3-5-7-9/h3-7,10-14,16,18H,8H2,1-2H3/t10-,11+,12-,13+,14+,16-/m1/s1. The van der Waals surface area contributed by atoms with Crippen LogP contribution < -0.4 is 0 Å². The first-order chi connectivity index (χ1) is 11.4. The van der Waals surface area contributed by atoms with Crippen LogP contribution in [0.4, 0.5) is 0 Å². The van der Waals surface area contributed by atoms with E-state index >= 15 is 0 Å². The molecular formula is C17H20O7. The van der Waals surface area contributed by atoms with Crippen LogP contribution in [0.5, 0.6) is 0 Å². The third kappa shape index (κ3) is 2.72. The van der Waals surface area contributed by atoms with Gasteiger partial charge in [0.15, 0.2) is 24.3 Å². The van der Waals surface area contributed by atoms with E-state index in [1.165, 1.54) is 0 Å². The molecule has 0 spiro atoms. The van der Waals surface area contributed by atoms with Gasteiger partial charge in [-0.1, -0.05) is 30.3 Å². The summed E-state index contributed by atoms with van der Waals surface area (Å²) in [5.41, 5.74) is 0.797. The van der Waals surface area contributed by atoms with E-state index in [4.69, 9.17) is 23.7 Å². The second-order valence-corrected chi connectivity index (χ2v) is 6.66.